The van der Waals surface area contributed by atoms with E-state index in [9.17, 15) is 14.3 Å². The molecular formula is C41H79NO7P+. The van der Waals surface area contributed by atoms with Crippen LogP contribution in [-0.4, -0.2) is 75.6 Å². The number of quaternary nitrogens is 1. The Hall–Kier alpha value is -1.28. The lowest BCUT2D eigenvalue weighted by Gasteiger charge is -2.24. The second kappa shape index (κ2) is 34.8. The van der Waals surface area contributed by atoms with Crippen LogP contribution in [0.1, 0.15) is 162 Å². The van der Waals surface area contributed by atoms with E-state index in [1.807, 2.05) is 21.1 Å². The number of phosphoric ester groups is 1. The maximum atomic E-state index is 12.6. The summed E-state index contributed by atoms with van der Waals surface area (Å²) in [5.41, 5.74) is 0. The van der Waals surface area contributed by atoms with Crippen LogP contribution >= 0.6 is 7.82 Å². The number of likely N-dealkylation sites (N-methyl/N-ethyl adjacent to an activating group) is 1. The average molecular weight is 729 g/mol. The van der Waals surface area contributed by atoms with Gasteiger partial charge >= 0.3 is 13.8 Å². The highest BCUT2D eigenvalue weighted by Crippen LogP contribution is 2.43. The number of phosphoric acid groups is 1. The van der Waals surface area contributed by atoms with Crippen molar-refractivity contribution in [3.8, 4) is 0 Å². The number of ether oxygens (including phenoxy) is 2. The molecule has 2 atom stereocenters. The molecule has 0 rings (SSSR count). The molecule has 0 spiro atoms. The van der Waals surface area contributed by atoms with Crippen LogP contribution in [0.5, 0.6) is 0 Å². The summed E-state index contributed by atoms with van der Waals surface area (Å²) in [5.74, 6) is -0.323. The van der Waals surface area contributed by atoms with Crippen molar-refractivity contribution < 1.29 is 37.3 Å². The normalized spacial score (nSPS) is 14.3. The molecule has 9 heteroatoms. The Labute approximate surface area is 308 Å². The number of hydrogen-bond donors (Lipinski definition) is 1. The van der Waals surface area contributed by atoms with Crippen LogP contribution in [-0.2, 0) is 27.9 Å². The van der Waals surface area contributed by atoms with E-state index in [0.29, 0.717) is 24.1 Å². The monoisotopic (exact) mass is 729 g/mol. The molecule has 0 radical (unpaired) electrons. The Kier molecular flexibility index (Phi) is 33.9. The molecule has 0 aromatic carbocycles. The first-order valence-electron chi connectivity index (χ1n) is 20.2. The molecule has 0 aliphatic heterocycles. The minimum atomic E-state index is -4.27. The van der Waals surface area contributed by atoms with Crippen LogP contribution in [0.2, 0.25) is 0 Å². The van der Waals surface area contributed by atoms with Crippen molar-refractivity contribution in [2.45, 2.75) is 168 Å². The number of rotatable bonds is 37. The summed E-state index contributed by atoms with van der Waals surface area (Å²) in [7, 11) is 1.66. The van der Waals surface area contributed by atoms with E-state index in [-0.39, 0.29) is 25.8 Å². The van der Waals surface area contributed by atoms with Gasteiger partial charge in [-0.15, -0.1) is 0 Å². The SMILES string of the molecule is CCCCC/C=C\C/C=C\C/C=C\CCCCCCCCCOCC(COP(=O)(O)OCC[N+](C)(C)C)OC(=O)CCCCCCCCCC. The van der Waals surface area contributed by atoms with Crippen molar-refractivity contribution in [1.82, 2.24) is 0 Å². The first-order valence-corrected chi connectivity index (χ1v) is 21.7. The second-order valence-corrected chi connectivity index (χ2v) is 16.1. The lowest BCUT2D eigenvalue weighted by molar-refractivity contribution is -0.870. The highest BCUT2D eigenvalue weighted by Gasteiger charge is 2.26. The molecule has 0 amide bonds. The summed E-state index contributed by atoms with van der Waals surface area (Å²) in [6.07, 6.45) is 38.9. The van der Waals surface area contributed by atoms with Crippen LogP contribution in [0.25, 0.3) is 0 Å². The Morgan fingerprint density at radius 3 is 1.68 bits per heavy atom. The zero-order valence-electron chi connectivity index (χ0n) is 33.1. The molecule has 294 valence electrons. The highest BCUT2D eigenvalue weighted by molar-refractivity contribution is 7.47. The molecule has 8 nitrogen and oxygen atoms in total. The largest absolute Gasteiger partial charge is 0.472 e. The number of carbonyl (C=O) groups excluding carboxylic acids is 1. The minimum Gasteiger partial charge on any atom is -0.457 e. The van der Waals surface area contributed by atoms with Gasteiger partial charge in [-0.2, -0.15) is 0 Å². The van der Waals surface area contributed by atoms with E-state index in [2.05, 4.69) is 50.3 Å². The lowest BCUT2D eigenvalue weighted by Crippen LogP contribution is -2.37. The van der Waals surface area contributed by atoms with Crippen molar-refractivity contribution >= 4 is 13.8 Å². The third-order valence-electron chi connectivity index (χ3n) is 8.45. The summed E-state index contributed by atoms with van der Waals surface area (Å²) in [5, 5.41) is 0. The number of nitrogens with zero attached hydrogens (tertiary/aromatic N) is 1. The van der Waals surface area contributed by atoms with Crippen LogP contribution in [0.3, 0.4) is 0 Å². The van der Waals surface area contributed by atoms with Crippen LogP contribution in [0.4, 0.5) is 0 Å². The van der Waals surface area contributed by atoms with Gasteiger partial charge in [0.25, 0.3) is 0 Å². The number of esters is 1. The summed E-state index contributed by atoms with van der Waals surface area (Å²) in [6.45, 7) is 5.54. The predicted molar refractivity (Wildman–Crippen MR) is 210 cm³/mol. The number of hydrogen-bond acceptors (Lipinski definition) is 6. The van der Waals surface area contributed by atoms with Gasteiger partial charge in [0.05, 0.1) is 34.4 Å². The molecule has 0 aromatic heterocycles. The fourth-order valence-corrected chi connectivity index (χ4v) is 6.01. The van der Waals surface area contributed by atoms with Gasteiger partial charge in [-0.1, -0.05) is 140 Å². The third kappa shape index (κ3) is 38.0. The molecule has 0 aliphatic rings. The van der Waals surface area contributed by atoms with Gasteiger partial charge in [-0.3, -0.25) is 13.8 Å². The first-order chi connectivity index (χ1) is 24.1. The molecular weight excluding hydrogens is 649 g/mol. The van der Waals surface area contributed by atoms with Crippen LogP contribution in [0, 0.1) is 0 Å². The van der Waals surface area contributed by atoms with Crippen molar-refractivity contribution in [3.05, 3.63) is 36.5 Å². The molecule has 0 aromatic rings. The smallest absolute Gasteiger partial charge is 0.457 e. The first kappa shape index (κ1) is 48.7. The molecule has 0 fully saturated rings. The van der Waals surface area contributed by atoms with Crippen molar-refractivity contribution in [1.29, 1.82) is 0 Å². The van der Waals surface area contributed by atoms with Crippen LogP contribution < -0.4 is 0 Å². The van der Waals surface area contributed by atoms with Crippen molar-refractivity contribution in [2.24, 2.45) is 0 Å². The Bertz CT molecular complexity index is 900. The third-order valence-corrected chi connectivity index (χ3v) is 9.44. The van der Waals surface area contributed by atoms with E-state index in [1.54, 1.807) is 0 Å². The highest BCUT2D eigenvalue weighted by atomic mass is 31.2. The van der Waals surface area contributed by atoms with E-state index >= 15 is 0 Å². The fourth-order valence-electron chi connectivity index (χ4n) is 5.26. The molecule has 0 heterocycles. The van der Waals surface area contributed by atoms with E-state index in [0.717, 1.165) is 51.4 Å². The minimum absolute atomic E-state index is 0.0866. The van der Waals surface area contributed by atoms with Crippen molar-refractivity contribution in [2.75, 3.05) is 54.1 Å². The van der Waals surface area contributed by atoms with Gasteiger partial charge in [0.15, 0.2) is 0 Å². The Morgan fingerprint density at radius 2 is 1.10 bits per heavy atom. The maximum absolute atomic E-state index is 12.6. The molecule has 0 bridgehead atoms. The fraction of sp³-hybridized carbons (Fsp3) is 0.829. The number of carbonyl (C=O) groups is 1. The van der Waals surface area contributed by atoms with Gasteiger partial charge in [0.2, 0.25) is 0 Å². The standard InChI is InChI=1S/C41H78NO7P/c1-6-8-10-12-14-16-17-18-19-20-21-22-23-24-25-26-27-29-31-33-36-46-38-40(39-48-50(44,45)47-37-35-42(3,4)5)49-41(43)34-32-30-28-15-13-11-9-7-2/h14,16,18-19,21-22,40H,6-13,15,17,20,23-39H2,1-5H3/p+1/b16-14-,19-18-,22-21-. The second-order valence-electron chi connectivity index (χ2n) is 14.7. The number of unbranched alkanes of at least 4 members (excludes halogenated alkanes) is 17. The van der Waals surface area contributed by atoms with Gasteiger partial charge < -0.3 is 18.9 Å². The Morgan fingerprint density at radius 1 is 0.620 bits per heavy atom. The zero-order chi connectivity index (χ0) is 37.0. The average Bonchev–Trinajstić information content (AvgIpc) is 3.06. The molecule has 2 unspecified atom stereocenters. The van der Waals surface area contributed by atoms with Crippen molar-refractivity contribution in [3.63, 3.8) is 0 Å². The van der Waals surface area contributed by atoms with Gasteiger partial charge in [0.1, 0.15) is 19.3 Å². The quantitative estimate of drug-likeness (QED) is 0.0224. The van der Waals surface area contributed by atoms with Gasteiger partial charge in [-0.05, 0) is 51.4 Å². The Balaban J connectivity index is 4.18. The van der Waals surface area contributed by atoms with E-state index in [1.165, 1.54) is 89.9 Å². The topological polar surface area (TPSA) is 91.3 Å². The summed E-state index contributed by atoms with van der Waals surface area (Å²) in [6, 6.07) is 0. The zero-order valence-corrected chi connectivity index (χ0v) is 34.0. The molecule has 0 saturated heterocycles. The predicted octanol–water partition coefficient (Wildman–Crippen LogP) is 11.4. The molecule has 50 heavy (non-hydrogen) atoms. The molecule has 0 aliphatic carbocycles. The lowest BCUT2D eigenvalue weighted by atomic mass is 10.1. The van der Waals surface area contributed by atoms with Crippen LogP contribution in [0.15, 0.2) is 36.5 Å². The summed E-state index contributed by atoms with van der Waals surface area (Å²) >= 11 is 0. The summed E-state index contributed by atoms with van der Waals surface area (Å²) < 4.78 is 34.8. The summed E-state index contributed by atoms with van der Waals surface area (Å²) in [4.78, 5) is 22.7. The van der Waals surface area contributed by atoms with E-state index < -0.39 is 13.9 Å². The maximum Gasteiger partial charge on any atom is 0.472 e. The molecule has 0 saturated carbocycles. The molecule has 1 N–H and O–H groups in total. The van der Waals surface area contributed by atoms with Gasteiger partial charge in [0, 0.05) is 13.0 Å². The van der Waals surface area contributed by atoms with Gasteiger partial charge in [-0.25, -0.2) is 4.57 Å². The number of allylic oxidation sites excluding steroid dienone is 6. The van der Waals surface area contributed by atoms with E-state index in [4.69, 9.17) is 18.5 Å².